The second kappa shape index (κ2) is 10.9. The maximum Gasteiger partial charge on any atom is 0.407 e. The minimum atomic E-state index is -0.604. The summed E-state index contributed by atoms with van der Waals surface area (Å²) in [5.41, 5.74) is 2.64. The van der Waals surface area contributed by atoms with Crippen LogP contribution in [0.5, 0.6) is 0 Å². The highest BCUT2D eigenvalue weighted by molar-refractivity contribution is 6.35. The molecule has 7 nitrogen and oxygen atoms in total. The Hall–Kier alpha value is -2.74. The van der Waals surface area contributed by atoms with Gasteiger partial charge < -0.3 is 15.0 Å². The first-order chi connectivity index (χ1) is 18.8. The molecule has 40 heavy (non-hydrogen) atoms. The third-order valence-electron chi connectivity index (χ3n) is 7.65. The molecule has 1 unspecified atom stereocenters. The Kier molecular flexibility index (Phi) is 7.85. The Morgan fingerprint density at radius 1 is 1.05 bits per heavy atom. The third-order valence-corrected chi connectivity index (χ3v) is 8.44. The molecule has 5 rings (SSSR count). The fourth-order valence-corrected chi connectivity index (χ4v) is 6.39. The Balaban J connectivity index is 1.51. The van der Waals surface area contributed by atoms with Gasteiger partial charge in [0.2, 0.25) is 0 Å². The van der Waals surface area contributed by atoms with Gasteiger partial charge in [0.15, 0.2) is 5.69 Å². The first kappa shape index (κ1) is 28.8. The van der Waals surface area contributed by atoms with Crippen molar-refractivity contribution in [2.45, 2.75) is 65.0 Å². The van der Waals surface area contributed by atoms with Crippen molar-refractivity contribution in [2.24, 2.45) is 5.41 Å². The molecule has 3 aromatic rings. The van der Waals surface area contributed by atoms with Crippen molar-refractivity contribution in [2.75, 3.05) is 13.1 Å². The van der Waals surface area contributed by atoms with E-state index in [0.717, 1.165) is 42.5 Å². The molecule has 212 valence electrons. The number of hydrogen-bond donors (Lipinski definition) is 1. The molecule has 1 N–H and O–H groups in total. The molecule has 1 aromatic heterocycles. The summed E-state index contributed by atoms with van der Waals surface area (Å²) in [6.45, 7) is 8.40. The molecule has 2 fully saturated rings. The van der Waals surface area contributed by atoms with Crippen LogP contribution < -0.4 is 5.32 Å². The zero-order valence-corrected chi connectivity index (χ0v) is 25.3. The number of nitrogens with zero attached hydrogens (tertiary/aromatic N) is 3. The number of hydrogen-bond acceptors (Lipinski definition) is 4. The van der Waals surface area contributed by atoms with Crippen LogP contribution in [0.1, 0.15) is 62.5 Å². The lowest BCUT2D eigenvalue weighted by Crippen LogP contribution is -2.59. The number of aromatic nitrogens is 2. The van der Waals surface area contributed by atoms with E-state index >= 15 is 0 Å². The van der Waals surface area contributed by atoms with Crippen molar-refractivity contribution in [3.05, 3.63) is 68.8 Å². The molecule has 2 aliphatic rings. The number of benzene rings is 2. The first-order valence-corrected chi connectivity index (χ1v) is 14.6. The van der Waals surface area contributed by atoms with Gasteiger partial charge in [-0.1, -0.05) is 53.4 Å². The number of carbonyl (C=O) groups is 2. The number of ether oxygens (including phenoxy) is 1. The lowest BCUT2D eigenvalue weighted by molar-refractivity contribution is -0.000425. The van der Waals surface area contributed by atoms with E-state index in [0.29, 0.717) is 39.5 Å². The SMILES string of the molecule is Cc1c(C(=O)N2CC(NC(=O)OC(C)(C)C)CC3(CCC3)C2)nn(-c2ccc(Cl)cc2Cl)c1-c1ccc(Cl)cc1. The van der Waals surface area contributed by atoms with Gasteiger partial charge in [0.25, 0.3) is 5.91 Å². The summed E-state index contributed by atoms with van der Waals surface area (Å²) in [6.07, 6.45) is 3.51. The molecular weight excluding hydrogens is 571 g/mol. The maximum atomic E-state index is 14.2. The van der Waals surface area contributed by atoms with Gasteiger partial charge in [0, 0.05) is 34.3 Å². The fourth-order valence-electron chi connectivity index (χ4n) is 5.77. The van der Waals surface area contributed by atoms with Crippen molar-refractivity contribution in [3.63, 3.8) is 0 Å². The van der Waals surface area contributed by atoms with Gasteiger partial charge in [0.05, 0.1) is 22.4 Å². The number of alkyl carbamates (subject to hydrolysis) is 1. The quantitative estimate of drug-likeness (QED) is 0.331. The molecular formula is C30H33Cl3N4O3. The Labute approximate surface area is 249 Å². The summed E-state index contributed by atoms with van der Waals surface area (Å²) in [7, 11) is 0. The molecule has 2 heterocycles. The van der Waals surface area contributed by atoms with Crippen LogP contribution in [-0.2, 0) is 4.74 Å². The van der Waals surface area contributed by atoms with Crippen LogP contribution in [0.2, 0.25) is 15.1 Å². The summed E-state index contributed by atoms with van der Waals surface area (Å²) in [5, 5.41) is 9.36. The standard InChI is InChI=1S/C30H33Cl3N4O3/c1-18-25(27(38)36-16-22(15-30(17-36)12-5-13-30)34-28(39)40-29(2,3)4)35-37(24-11-10-21(32)14-23(24)33)26(18)19-6-8-20(31)9-7-19/h6-11,14,22H,5,12-13,15-17H2,1-4H3,(H,34,39). The van der Waals surface area contributed by atoms with E-state index in [4.69, 9.17) is 44.6 Å². The molecule has 1 saturated carbocycles. The zero-order valence-electron chi connectivity index (χ0n) is 23.1. The predicted octanol–water partition coefficient (Wildman–Crippen LogP) is 7.72. The molecule has 1 spiro atoms. The molecule has 0 radical (unpaired) electrons. The molecule has 1 saturated heterocycles. The van der Waals surface area contributed by atoms with Crippen LogP contribution in [0.25, 0.3) is 16.9 Å². The van der Waals surface area contributed by atoms with Gasteiger partial charge in [-0.15, -0.1) is 0 Å². The normalized spacial score (nSPS) is 18.4. The van der Waals surface area contributed by atoms with Crippen LogP contribution in [-0.4, -0.2) is 51.4 Å². The number of nitrogens with one attached hydrogen (secondary N) is 1. The van der Waals surface area contributed by atoms with E-state index in [9.17, 15) is 9.59 Å². The summed E-state index contributed by atoms with van der Waals surface area (Å²) in [5.74, 6) is -0.182. The van der Waals surface area contributed by atoms with Gasteiger partial charge in [-0.2, -0.15) is 5.10 Å². The number of halogens is 3. The van der Waals surface area contributed by atoms with Crippen molar-refractivity contribution in [1.29, 1.82) is 0 Å². The third kappa shape index (κ3) is 5.97. The first-order valence-electron chi connectivity index (χ1n) is 13.4. The van der Waals surface area contributed by atoms with E-state index in [-0.39, 0.29) is 17.4 Å². The predicted molar refractivity (Wildman–Crippen MR) is 159 cm³/mol. The Bertz CT molecular complexity index is 1440. The van der Waals surface area contributed by atoms with Crippen molar-refractivity contribution >= 4 is 46.8 Å². The topological polar surface area (TPSA) is 76.5 Å². The van der Waals surface area contributed by atoms with E-state index in [1.807, 2.05) is 44.7 Å². The van der Waals surface area contributed by atoms with Crippen LogP contribution in [0.4, 0.5) is 4.79 Å². The number of piperidine rings is 1. The molecule has 1 aliphatic heterocycles. The van der Waals surface area contributed by atoms with Crippen LogP contribution >= 0.6 is 34.8 Å². The molecule has 10 heteroatoms. The van der Waals surface area contributed by atoms with Crippen molar-refractivity contribution in [1.82, 2.24) is 20.0 Å². The number of carbonyl (C=O) groups excluding carboxylic acids is 2. The monoisotopic (exact) mass is 602 g/mol. The molecule has 2 amide bonds. The largest absolute Gasteiger partial charge is 0.444 e. The fraction of sp³-hybridized carbons (Fsp3) is 0.433. The van der Waals surface area contributed by atoms with E-state index in [2.05, 4.69) is 5.32 Å². The summed E-state index contributed by atoms with van der Waals surface area (Å²) < 4.78 is 7.20. The molecule has 1 aliphatic carbocycles. The minimum Gasteiger partial charge on any atom is -0.444 e. The van der Waals surface area contributed by atoms with Crippen LogP contribution in [0, 0.1) is 12.3 Å². The lowest BCUT2D eigenvalue weighted by Gasteiger charge is -2.51. The van der Waals surface area contributed by atoms with Crippen LogP contribution in [0.15, 0.2) is 42.5 Å². The van der Waals surface area contributed by atoms with Gasteiger partial charge in [-0.25, -0.2) is 9.48 Å². The van der Waals surface area contributed by atoms with Gasteiger partial charge in [-0.3, -0.25) is 4.79 Å². The Morgan fingerprint density at radius 2 is 1.73 bits per heavy atom. The summed E-state index contributed by atoms with van der Waals surface area (Å²) >= 11 is 18.9. The number of amides is 2. The van der Waals surface area contributed by atoms with Gasteiger partial charge >= 0.3 is 6.09 Å². The van der Waals surface area contributed by atoms with Crippen molar-refractivity contribution in [3.8, 4) is 16.9 Å². The second-order valence-electron chi connectivity index (χ2n) is 11.9. The van der Waals surface area contributed by atoms with E-state index in [1.165, 1.54) is 0 Å². The number of rotatable bonds is 4. The highest BCUT2D eigenvalue weighted by atomic mass is 35.5. The molecule has 1 atom stereocenters. The lowest BCUT2D eigenvalue weighted by atomic mass is 9.63. The average Bonchev–Trinajstić information content (AvgIpc) is 3.18. The van der Waals surface area contributed by atoms with E-state index in [1.54, 1.807) is 35.0 Å². The highest BCUT2D eigenvalue weighted by Crippen LogP contribution is 2.48. The van der Waals surface area contributed by atoms with Gasteiger partial charge in [0.1, 0.15) is 5.60 Å². The summed E-state index contributed by atoms with van der Waals surface area (Å²) in [4.78, 5) is 28.6. The maximum absolute atomic E-state index is 14.2. The summed E-state index contributed by atoms with van der Waals surface area (Å²) in [6, 6.07) is 12.4. The molecule has 2 aromatic carbocycles. The van der Waals surface area contributed by atoms with E-state index < -0.39 is 11.7 Å². The minimum absolute atomic E-state index is 0.0114. The Morgan fingerprint density at radius 3 is 2.33 bits per heavy atom. The molecule has 0 bridgehead atoms. The van der Waals surface area contributed by atoms with Crippen molar-refractivity contribution < 1.29 is 14.3 Å². The highest BCUT2D eigenvalue weighted by Gasteiger charge is 2.46. The number of likely N-dealkylation sites (tertiary alicyclic amines) is 1. The zero-order chi connectivity index (χ0) is 28.8. The van der Waals surface area contributed by atoms with Crippen LogP contribution in [0.3, 0.4) is 0 Å². The average molecular weight is 604 g/mol. The second-order valence-corrected chi connectivity index (χ2v) is 13.2. The smallest absolute Gasteiger partial charge is 0.407 e. The van der Waals surface area contributed by atoms with Gasteiger partial charge in [-0.05, 0) is 82.7 Å².